The molecule has 164 valence electrons. The molecule has 0 radical (unpaired) electrons. The summed E-state index contributed by atoms with van der Waals surface area (Å²) in [6.45, 7) is 12.9. The second-order valence-corrected chi connectivity index (χ2v) is 9.36. The molecule has 2 rings (SSSR count). The van der Waals surface area contributed by atoms with Crippen LogP contribution in [0.1, 0.15) is 52.3 Å². The number of rotatable bonds is 8. The Morgan fingerprint density at radius 3 is 2.50 bits per heavy atom. The highest BCUT2D eigenvalue weighted by Gasteiger charge is 2.23. The number of halogens is 1. The highest BCUT2D eigenvalue weighted by Crippen LogP contribution is 2.26. The number of nitrogens with zero attached hydrogens (tertiary/aromatic N) is 3. The zero-order chi connectivity index (χ0) is 22.5. The van der Waals surface area contributed by atoms with Crippen LogP contribution in [0.3, 0.4) is 0 Å². The van der Waals surface area contributed by atoms with Crippen LogP contribution in [0.25, 0.3) is 5.69 Å². The lowest BCUT2D eigenvalue weighted by molar-refractivity contribution is -0.132. The van der Waals surface area contributed by atoms with Crippen molar-refractivity contribution in [3.05, 3.63) is 41.6 Å². The van der Waals surface area contributed by atoms with Crippen molar-refractivity contribution in [2.75, 3.05) is 24.3 Å². The topological polar surface area (TPSA) is 67.2 Å². The van der Waals surface area contributed by atoms with E-state index in [4.69, 9.17) is 16.7 Å². The molecule has 30 heavy (non-hydrogen) atoms. The van der Waals surface area contributed by atoms with E-state index in [1.165, 1.54) is 4.90 Å². The molecule has 0 unspecified atom stereocenters. The van der Waals surface area contributed by atoms with Gasteiger partial charge in [-0.15, -0.1) is 11.6 Å². The number of nitrogens with one attached hydrogen (secondary N) is 1. The first-order valence-electron chi connectivity index (χ1n) is 10.3. The van der Waals surface area contributed by atoms with E-state index in [2.05, 4.69) is 39.9 Å². The van der Waals surface area contributed by atoms with Crippen molar-refractivity contribution >= 4 is 29.2 Å². The number of aryl methyl sites for hydroxylation is 1. The quantitative estimate of drug-likeness (QED) is 0.623. The molecular formula is C23H33ClN4O2. The van der Waals surface area contributed by atoms with Crippen molar-refractivity contribution in [3.8, 4) is 5.69 Å². The lowest BCUT2D eigenvalue weighted by Gasteiger charge is -2.22. The van der Waals surface area contributed by atoms with Gasteiger partial charge in [0.05, 0.1) is 17.9 Å². The average Bonchev–Trinajstić information content (AvgIpc) is 3.08. The third-order valence-electron chi connectivity index (χ3n) is 4.77. The van der Waals surface area contributed by atoms with E-state index in [-0.39, 0.29) is 29.7 Å². The second kappa shape index (κ2) is 10.1. The number of carbonyl (C=O) groups is 2. The van der Waals surface area contributed by atoms with Crippen LogP contribution in [-0.2, 0) is 15.0 Å². The molecule has 7 heteroatoms. The fraction of sp³-hybridized carbons (Fsp3) is 0.522. The maximum atomic E-state index is 12.8. The summed E-state index contributed by atoms with van der Waals surface area (Å²) >= 11 is 5.74. The molecule has 2 amide bonds. The number of benzene rings is 1. The van der Waals surface area contributed by atoms with Crippen LogP contribution >= 0.6 is 11.6 Å². The number of hydrogen-bond acceptors (Lipinski definition) is 3. The summed E-state index contributed by atoms with van der Waals surface area (Å²) in [5.41, 5.74) is 2.67. The van der Waals surface area contributed by atoms with Gasteiger partial charge in [-0.25, -0.2) is 4.68 Å². The molecule has 1 aromatic carbocycles. The number of alkyl halides is 1. The van der Waals surface area contributed by atoms with Gasteiger partial charge >= 0.3 is 0 Å². The van der Waals surface area contributed by atoms with E-state index in [1.807, 2.05) is 37.3 Å². The fourth-order valence-electron chi connectivity index (χ4n) is 2.94. The highest BCUT2D eigenvalue weighted by atomic mass is 35.5. The Bertz CT molecular complexity index is 884. The predicted octanol–water partition coefficient (Wildman–Crippen LogP) is 4.53. The molecule has 1 heterocycles. The summed E-state index contributed by atoms with van der Waals surface area (Å²) in [6, 6.07) is 9.83. The van der Waals surface area contributed by atoms with Gasteiger partial charge in [-0.2, -0.15) is 5.10 Å². The Balaban J connectivity index is 2.28. The molecule has 0 aliphatic rings. The van der Waals surface area contributed by atoms with E-state index >= 15 is 0 Å². The number of aromatic nitrogens is 2. The van der Waals surface area contributed by atoms with Crippen molar-refractivity contribution in [2.24, 2.45) is 5.92 Å². The van der Waals surface area contributed by atoms with Gasteiger partial charge in [0.25, 0.3) is 0 Å². The average molecular weight is 433 g/mol. The van der Waals surface area contributed by atoms with E-state index in [1.54, 1.807) is 4.68 Å². The van der Waals surface area contributed by atoms with Crippen LogP contribution in [0.5, 0.6) is 0 Å². The van der Waals surface area contributed by atoms with Crippen molar-refractivity contribution in [3.63, 3.8) is 0 Å². The van der Waals surface area contributed by atoms with Crippen LogP contribution in [0.15, 0.2) is 30.3 Å². The van der Waals surface area contributed by atoms with Crippen molar-refractivity contribution in [2.45, 2.75) is 53.4 Å². The van der Waals surface area contributed by atoms with E-state index in [9.17, 15) is 9.59 Å². The molecule has 0 bridgehead atoms. The molecule has 2 aromatic rings. The van der Waals surface area contributed by atoms with Gasteiger partial charge in [0.2, 0.25) is 11.8 Å². The van der Waals surface area contributed by atoms with Gasteiger partial charge < -0.3 is 10.2 Å². The maximum Gasteiger partial charge on any atom is 0.245 e. The van der Waals surface area contributed by atoms with Gasteiger partial charge in [-0.3, -0.25) is 9.59 Å². The minimum atomic E-state index is -0.272. The van der Waals surface area contributed by atoms with Gasteiger partial charge in [0, 0.05) is 18.0 Å². The first-order chi connectivity index (χ1) is 14.0. The van der Waals surface area contributed by atoms with Gasteiger partial charge in [-0.1, -0.05) is 46.8 Å². The molecule has 0 saturated carbocycles. The molecule has 0 fully saturated rings. The Morgan fingerprint density at radius 1 is 1.23 bits per heavy atom. The lowest BCUT2D eigenvalue weighted by atomic mass is 9.92. The van der Waals surface area contributed by atoms with E-state index in [0.717, 1.165) is 23.4 Å². The summed E-state index contributed by atoms with van der Waals surface area (Å²) in [4.78, 5) is 26.5. The van der Waals surface area contributed by atoms with Crippen molar-refractivity contribution < 1.29 is 9.59 Å². The maximum absolute atomic E-state index is 12.8. The van der Waals surface area contributed by atoms with Crippen LogP contribution in [0.4, 0.5) is 5.82 Å². The number of amides is 2. The molecular weight excluding hydrogens is 400 g/mol. The van der Waals surface area contributed by atoms with Gasteiger partial charge in [0.15, 0.2) is 0 Å². The van der Waals surface area contributed by atoms with E-state index in [0.29, 0.717) is 18.3 Å². The van der Waals surface area contributed by atoms with Crippen LogP contribution in [-0.4, -0.2) is 45.5 Å². The molecule has 0 aliphatic carbocycles. The zero-order valence-corrected chi connectivity index (χ0v) is 19.6. The normalized spacial score (nSPS) is 11.6. The molecule has 0 spiro atoms. The Hall–Kier alpha value is -2.34. The molecule has 6 nitrogen and oxygen atoms in total. The first kappa shape index (κ1) is 23.9. The first-order valence-corrected chi connectivity index (χ1v) is 10.9. The predicted molar refractivity (Wildman–Crippen MR) is 122 cm³/mol. The zero-order valence-electron chi connectivity index (χ0n) is 18.8. The summed E-state index contributed by atoms with van der Waals surface area (Å²) in [5, 5.41) is 7.68. The van der Waals surface area contributed by atoms with Crippen LogP contribution < -0.4 is 5.32 Å². The Labute approximate surface area is 184 Å². The molecule has 1 aromatic heterocycles. The highest BCUT2D eigenvalue weighted by molar-refractivity contribution is 6.27. The summed E-state index contributed by atoms with van der Waals surface area (Å²) in [5.74, 6) is 0.357. The third kappa shape index (κ3) is 6.59. The van der Waals surface area contributed by atoms with Crippen LogP contribution in [0.2, 0.25) is 0 Å². The molecule has 0 saturated heterocycles. The molecule has 0 aliphatic heterocycles. The summed E-state index contributed by atoms with van der Waals surface area (Å²) < 4.78 is 1.74. The third-order valence-corrected chi connectivity index (χ3v) is 5.00. The fourth-order valence-corrected chi connectivity index (χ4v) is 3.11. The number of carbonyl (C=O) groups excluding carboxylic acids is 2. The van der Waals surface area contributed by atoms with Crippen LogP contribution in [0, 0.1) is 12.8 Å². The largest absolute Gasteiger partial charge is 0.332 e. The smallest absolute Gasteiger partial charge is 0.245 e. The number of anilines is 1. The Morgan fingerprint density at radius 2 is 1.93 bits per heavy atom. The van der Waals surface area contributed by atoms with Crippen molar-refractivity contribution in [1.29, 1.82) is 0 Å². The molecule has 1 N–H and O–H groups in total. The number of hydrogen-bond donors (Lipinski definition) is 1. The minimum absolute atomic E-state index is 0.0396. The summed E-state index contributed by atoms with van der Waals surface area (Å²) in [6.07, 6.45) is 0.811. The van der Waals surface area contributed by atoms with E-state index < -0.39 is 0 Å². The standard InChI is InChI=1S/C23H33ClN4O2/c1-16(2)10-11-27(22(30)14-24)15-21(29)25-20-13-19(23(4,5)6)26-28(20)18-9-7-8-17(3)12-18/h7-9,12-13,16H,10-11,14-15H2,1-6H3,(H,25,29). The van der Waals surface area contributed by atoms with Crippen molar-refractivity contribution in [1.82, 2.24) is 14.7 Å². The van der Waals surface area contributed by atoms with Gasteiger partial charge in [0.1, 0.15) is 11.7 Å². The Kier molecular flexibility index (Phi) is 8.07. The molecule has 0 atom stereocenters. The SMILES string of the molecule is Cc1cccc(-n2nc(C(C)(C)C)cc2NC(=O)CN(CCC(C)C)C(=O)CCl)c1. The second-order valence-electron chi connectivity index (χ2n) is 9.10. The van der Waals surface area contributed by atoms with Gasteiger partial charge in [-0.05, 0) is 37.0 Å². The lowest BCUT2D eigenvalue weighted by Crippen LogP contribution is -2.40. The summed E-state index contributed by atoms with van der Waals surface area (Å²) in [7, 11) is 0. The monoisotopic (exact) mass is 432 g/mol. The minimum Gasteiger partial charge on any atom is -0.332 e.